The predicted octanol–water partition coefficient (Wildman–Crippen LogP) is 5.17. The summed E-state index contributed by atoms with van der Waals surface area (Å²) in [6, 6.07) is 18.1. The van der Waals surface area contributed by atoms with E-state index in [4.69, 9.17) is 16.3 Å². The molecule has 0 fully saturated rings. The van der Waals surface area contributed by atoms with Crippen LogP contribution in [0, 0.1) is 0 Å². The molecular weight excluding hydrogens is 566 g/mol. The number of hydrazone groups is 1. The second-order valence-corrected chi connectivity index (χ2v) is 8.45. The van der Waals surface area contributed by atoms with Crippen LogP contribution < -0.4 is 15.5 Å². The maximum absolute atomic E-state index is 12.4. The first-order valence-corrected chi connectivity index (χ1v) is 11.0. The average Bonchev–Trinajstić information content (AvgIpc) is 2.77. The molecule has 3 aromatic carbocycles. The van der Waals surface area contributed by atoms with E-state index in [9.17, 15) is 14.4 Å². The molecule has 3 aromatic rings. The van der Waals surface area contributed by atoms with Crippen molar-refractivity contribution in [3.63, 3.8) is 0 Å². The van der Waals surface area contributed by atoms with Gasteiger partial charge in [0.25, 0.3) is 0 Å². The van der Waals surface area contributed by atoms with Crippen molar-refractivity contribution >= 4 is 73.1 Å². The fourth-order valence-electron chi connectivity index (χ4n) is 2.43. The quantitative estimate of drug-likeness (QED) is 0.143. The van der Waals surface area contributed by atoms with Crippen LogP contribution in [-0.2, 0) is 9.59 Å². The van der Waals surface area contributed by atoms with E-state index < -0.39 is 17.8 Å². The smallest absolute Gasteiger partial charge is 0.345 e. The molecule has 32 heavy (non-hydrogen) atoms. The Bertz CT molecular complexity index is 1200. The minimum Gasteiger partial charge on any atom is -0.422 e. The second kappa shape index (κ2) is 11.0. The SMILES string of the molecule is O=C(N/N=C\c1cc(Br)ccc1OC(=O)c1ccccc1Cl)C(=O)Nc1ccc(Br)cc1. The van der Waals surface area contributed by atoms with Crippen LogP contribution >= 0.6 is 43.5 Å². The number of rotatable bonds is 5. The number of nitrogens with zero attached hydrogens (tertiary/aromatic N) is 1. The van der Waals surface area contributed by atoms with Crippen LogP contribution in [-0.4, -0.2) is 24.0 Å². The van der Waals surface area contributed by atoms with Crippen LogP contribution in [0.2, 0.25) is 5.02 Å². The van der Waals surface area contributed by atoms with Crippen molar-refractivity contribution in [1.29, 1.82) is 0 Å². The molecule has 0 atom stereocenters. The lowest BCUT2D eigenvalue weighted by molar-refractivity contribution is -0.136. The number of carbonyl (C=O) groups excluding carboxylic acids is 3. The van der Waals surface area contributed by atoms with Crippen LogP contribution in [0.15, 0.2) is 80.8 Å². The number of anilines is 1. The van der Waals surface area contributed by atoms with Crippen molar-refractivity contribution in [2.75, 3.05) is 5.32 Å². The Balaban J connectivity index is 1.67. The van der Waals surface area contributed by atoms with Gasteiger partial charge in [0, 0.05) is 20.2 Å². The van der Waals surface area contributed by atoms with Gasteiger partial charge in [-0.1, -0.05) is 55.6 Å². The molecule has 0 saturated heterocycles. The van der Waals surface area contributed by atoms with Crippen molar-refractivity contribution in [3.8, 4) is 5.75 Å². The lowest BCUT2D eigenvalue weighted by atomic mass is 10.2. The zero-order valence-corrected chi connectivity index (χ0v) is 20.1. The highest BCUT2D eigenvalue weighted by Crippen LogP contribution is 2.24. The number of halogens is 3. The topological polar surface area (TPSA) is 96.9 Å². The van der Waals surface area contributed by atoms with Crippen molar-refractivity contribution in [3.05, 3.63) is 91.8 Å². The van der Waals surface area contributed by atoms with Gasteiger partial charge in [-0.2, -0.15) is 5.10 Å². The summed E-state index contributed by atoms with van der Waals surface area (Å²) in [5, 5.41) is 6.50. The Morgan fingerprint density at radius 2 is 1.59 bits per heavy atom. The Hall–Kier alpha value is -3.01. The van der Waals surface area contributed by atoms with E-state index in [1.807, 2.05) is 0 Å². The minimum atomic E-state index is -0.964. The zero-order chi connectivity index (χ0) is 23.1. The third-order valence-electron chi connectivity index (χ3n) is 3.95. The van der Waals surface area contributed by atoms with Gasteiger partial charge in [0.05, 0.1) is 16.8 Å². The molecule has 0 aromatic heterocycles. The fourth-order valence-corrected chi connectivity index (χ4v) is 3.28. The van der Waals surface area contributed by atoms with Gasteiger partial charge in [0.15, 0.2) is 0 Å². The highest BCUT2D eigenvalue weighted by atomic mass is 79.9. The normalized spacial score (nSPS) is 10.6. The molecule has 2 amide bonds. The summed E-state index contributed by atoms with van der Waals surface area (Å²) in [5.74, 6) is -2.31. The fraction of sp³-hybridized carbons (Fsp3) is 0. The third-order valence-corrected chi connectivity index (χ3v) is 5.30. The van der Waals surface area contributed by atoms with E-state index in [-0.39, 0.29) is 16.3 Å². The van der Waals surface area contributed by atoms with Crippen molar-refractivity contribution in [2.45, 2.75) is 0 Å². The average molecular weight is 580 g/mol. The van der Waals surface area contributed by atoms with Gasteiger partial charge < -0.3 is 10.1 Å². The third kappa shape index (κ3) is 6.49. The summed E-state index contributed by atoms with van der Waals surface area (Å²) in [6.07, 6.45) is 1.25. The summed E-state index contributed by atoms with van der Waals surface area (Å²) < 4.78 is 6.96. The number of hydrogen-bond acceptors (Lipinski definition) is 5. The van der Waals surface area contributed by atoms with Gasteiger partial charge in [-0.15, -0.1) is 0 Å². The first-order chi connectivity index (χ1) is 15.3. The molecule has 0 aliphatic rings. The van der Waals surface area contributed by atoms with Gasteiger partial charge in [0.1, 0.15) is 5.75 Å². The van der Waals surface area contributed by atoms with Gasteiger partial charge in [-0.3, -0.25) is 9.59 Å². The molecule has 10 heteroatoms. The predicted molar refractivity (Wildman–Crippen MR) is 129 cm³/mol. The Morgan fingerprint density at radius 3 is 2.31 bits per heavy atom. The van der Waals surface area contributed by atoms with Gasteiger partial charge in [-0.05, 0) is 54.6 Å². The van der Waals surface area contributed by atoms with Crippen LogP contribution in [0.1, 0.15) is 15.9 Å². The number of benzene rings is 3. The summed E-state index contributed by atoms with van der Waals surface area (Å²) in [4.78, 5) is 36.4. The molecule has 0 unspecified atom stereocenters. The molecule has 2 N–H and O–H groups in total. The summed E-state index contributed by atoms with van der Waals surface area (Å²) in [5.41, 5.74) is 3.18. The molecule has 7 nitrogen and oxygen atoms in total. The second-order valence-electron chi connectivity index (χ2n) is 6.21. The highest BCUT2D eigenvalue weighted by Gasteiger charge is 2.15. The number of amides is 2. The Kier molecular flexibility index (Phi) is 8.15. The lowest BCUT2D eigenvalue weighted by Crippen LogP contribution is -2.32. The number of ether oxygens (including phenoxy) is 1. The zero-order valence-electron chi connectivity index (χ0n) is 16.1. The maximum atomic E-state index is 12.4. The lowest BCUT2D eigenvalue weighted by Gasteiger charge is -2.09. The number of carbonyl (C=O) groups is 3. The first-order valence-electron chi connectivity index (χ1n) is 8.99. The molecule has 0 aliphatic heterocycles. The van der Waals surface area contributed by atoms with E-state index in [1.165, 1.54) is 6.21 Å². The largest absolute Gasteiger partial charge is 0.422 e. The van der Waals surface area contributed by atoms with Crippen molar-refractivity contribution < 1.29 is 19.1 Å². The Labute approximate surface area is 205 Å². The standard InChI is InChI=1S/C22H14Br2ClN3O4/c23-14-5-8-16(9-6-14)27-20(29)21(30)28-26-12-13-11-15(24)7-10-19(13)32-22(31)17-3-1-2-4-18(17)25/h1-12H,(H,27,29)(H,28,30)/b26-12-. The molecule has 162 valence electrons. The van der Waals surface area contributed by atoms with E-state index in [2.05, 4.69) is 47.7 Å². The molecular formula is C22H14Br2ClN3O4. The molecule has 0 heterocycles. The number of nitrogens with one attached hydrogen (secondary N) is 2. The highest BCUT2D eigenvalue weighted by molar-refractivity contribution is 9.10. The van der Waals surface area contributed by atoms with E-state index in [0.717, 1.165) is 4.47 Å². The minimum absolute atomic E-state index is 0.190. The first kappa shape index (κ1) is 23.6. The van der Waals surface area contributed by atoms with Crippen LogP contribution in [0.5, 0.6) is 5.75 Å². The monoisotopic (exact) mass is 577 g/mol. The summed E-state index contributed by atoms with van der Waals surface area (Å²) in [7, 11) is 0. The van der Waals surface area contributed by atoms with Crippen molar-refractivity contribution in [2.24, 2.45) is 5.10 Å². The van der Waals surface area contributed by atoms with Gasteiger partial charge in [-0.25, -0.2) is 10.2 Å². The number of hydrogen-bond donors (Lipinski definition) is 2. The van der Waals surface area contributed by atoms with Gasteiger partial charge >= 0.3 is 17.8 Å². The molecule has 0 spiro atoms. The molecule has 0 saturated carbocycles. The van der Waals surface area contributed by atoms with E-state index in [0.29, 0.717) is 15.7 Å². The van der Waals surface area contributed by atoms with Crippen molar-refractivity contribution in [1.82, 2.24) is 5.43 Å². The van der Waals surface area contributed by atoms with Crippen LogP contribution in [0.25, 0.3) is 0 Å². The summed E-state index contributed by atoms with van der Waals surface area (Å²) in [6.45, 7) is 0. The molecule has 0 radical (unpaired) electrons. The summed E-state index contributed by atoms with van der Waals surface area (Å²) >= 11 is 12.7. The van der Waals surface area contributed by atoms with Crippen LogP contribution in [0.3, 0.4) is 0 Å². The molecule has 0 bridgehead atoms. The molecule has 0 aliphatic carbocycles. The number of esters is 1. The molecule has 3 rings (SSSR count). The van der Waals surface area contributed by atoms with Gasteiger partial charge in [0.2, 0.25) is 0 Å². The van der Waals surface area contributed by atoms with E-state index >= 15 is 0 Å². The van der Waals surface area contributed by atoms with Crippen LogP contribution in [0.4, 0.5) is 5.69 Å². The Morgan fingerprint density at radius 1 is 0.906 bits per heavy atom. The van der Waals surface area contributed by atoms with E-state index in [1.54, 1.807) is 66.7 Å². The maximum Gasteiger partial charge on any atom is 0.345 e.